The molecule has 2 aromatic rings. The minimum Gasteiger partial charge on any atom is -0.376 e. The van der Waals surface area contributed by atoms with E-state index in [2.05, 4.69) is 0 Å². The van der Waals surface area contributed by atoms with Gasteiger partial charge in [-0.15, -0.1) is 0 Å². The highest BCUT2D eigenvalue weighted by atomic mass is 19.4. The first kappa shape index (κ1) is 15.2. The molecule has 0 spiro atoms. The molecule has 0 amide bonds. The van der Waals surface area contributed by atoms with Gasteiger partial charge in [0.2, 0.25) is 0 Å². The first-order chi connectivity index (χ1) is 11.3. The van der Waals surface area contributed by atoms with E-state index in [9.17, 15) is 17.6 Å². The predicted octanol–water partition coefficient (Wildman–Crippen LogP) is 4.71. The Morgan fingerprint density at radius 1 is 1.08 bits per heavy atom. The molecule has 1 saturated heterocycles. The number of hydrogen-bond donors (Lipinski definition) is 0. The van der Waals surface area contributed by atoms with Crippen LogP contribution >= 0.6 is 0 Å². The first-order valence-corrected chi connectivity index (χ1v) is 7.70. The maximum Gasteiger partial charge on any atom is 0.416 e. The third kappa shape index (κ3) is 2.07. The minimum absolute atomic E-state index is 0.225. The van der Waals surface area contributed by atoms with E-state index in [1.807, 2.05) is 18.0 Å². The normalized spacial score (nSPS) is 25.5. The van der Waals surface area contributed by atoms with Crippen molar-refractivity contribution in [1.82, 2.24) is 4.90 Å². The number of halogens is 4. The van der Waals surface area contributed by atoms with Crippen molar-refractivity contribution < 1.29 is 17.6 Å². The average Bonchev–Trinajstić information content (AvgIpc) is 3.22. The van der Waals surface area contributed by atoms with Crippen molar-refractivity contribution in [3.63, 3.8) is 0 Å². The number of nitrogens with zero attached hydrogens (tertiary/aromatic N) is 1. The van der Waals surface area contributed by atoms with Gasteiger partial charge in [0.05, 0.1) is 11.0 Å². The fraction of sp³-hybridized carbons (Fsp3) is 0.263. The van der Waals surface area contributed by atoms with Crippen LogP contribution in [0.2, 0.25) is 0 Å². The number of hydrogen-bond acceptors (Lipinski definition) is 1. The fourth-order valence-corrected chi connectivity index (χ4v) is 3.90. The second-order valence-electron chi connectivity index (χ2n) is 6.43. The molecular weight excluding hydrogens is 318 g/mol. The zero-order chi connectivity index (χ0) is 17.1. The van der Waals surface area contributed by atoms with Gasteiger partial charge in [-0.2, -0.15) is 13.2 Å². The molecule has 0 aromatic heterocycles. The Bertz CT molecular complexity index is 839. The molecular formula is C19H15F4N. The van der Waals surface area contributed by atoms with Gasteiger partial charge in [-0.25, -0.2) is 4.39 Å². The molecule has 24 heavy (non-hydrogen) atoms. The summed E-state index contributed by atoms with van der Waals surface area (Å²) in [6.45, 7) is 0.571. The van der Waals surface area contributed by atoms with Crippen LogP contribution in [-0.4, -0.2) is 18.5 Å². The molecule has 2 unspecified atom stereocenters. The lowest BCUT2D eigenvalue weighted by molar-refractivity contribution is -0.137. The van der Waals surface area contributed by atoms with Crippen molar-refractivity contribution >= 4 is 0 Å². The summed E-state index contributed by atoms with van der Waals surface area (Å²) in [5.74, 6) is -0.548. The Morgan fingerprint density at radius 2 is 1.83 bits per heavy atom. The summed E-state index contributed by atoms with van der Waals surface area (Å²) in [4.78, 5) is 2.00. The van der Waals surface area contributed by atoms with Crippen molar-refractivity contribution in [2.45, 2.75) is 17.5 Å². The molecule has 4 rings (SSSR count). The monoisotopic (exact) mass is 333 g/mol. The molecule has 1 heterocycles. The van der Waals surface area contributed by atoms with Crippen molar-refractivity contribution in [2.75, 3.05) is 13.6 Å². The van der Waals surface area contributed by atoms with E-state index in [0.29, 0.717) is 17.7 Å². The van der Waals surface area contributed by atoms with Crippen molar-refractivity contribution in [2.24, 2.45) is 0 Å². The van der Waals surface area contributed by atoms with Crippen LogP contribution in [0.15, 0.2) is 60.3 Å². The lowest BCUT2D eigenvalue weighted by Crippen LogP contribution is -2.22. The summed E-state index contributed by atoms with van der Waals surface area (Å²) in [5, 5.41) is 0. The summed E-state index contributed by atoms with van der Waals surface area (Å²) in [6, 6.07) is 11.9. The number of alkyl halides is 3. The van der Waals surface area contributed by atoms with E-state index in [1.165, 1.54) is 18.2 Å². The van der Waals surface area contributed by atoms with E-state index >= 15 is 0 Å². The Balaban J connectivity index is 1.80. The quantitative estimate of drug-likeness (QED) is 0.720. The molecule has 0 N–H and O–H groups in total. The van der Waals surface area contributed by atoms with Gasteiger partial charge in [-0.05, 0) is 23.8 Å². The highest BCUT2D eigenvalue weighted by molar-refractivity contribution is 5.62. The number of likely N-dealkylation sites (N-methyl/N-ethyl adjacent to an activating group) is 1. The van der Waals surface area contributed by atoms with Crippen molar-refractivity contribution in [3.8, 4) is 0 Å². The van der Waals surface area contributed by atoms with Crippen molar-refractivity contribution in [3.05, 3.63) is 82.8 Å². The summed E-state index contributed by atoms with van der Waals surface area (Å²) in [6.07, 6.45) is -2.43. The molecule has 5 heteroatoms. The number of likely N-dealkylation sites (tertiary alicyclic amines) is 1. The van der Waals surface area contributed by atoms with E-state index in [-0.39, 0.29) is 11.7 Å². The number of rotatable bonds is 2. The summed E-state index contributed by atoms with van der Waals surface area (Å²) in [7, 11) is 1.89. The second kappa shape index (κ2) is 4.85. The Kier molecular flexibility index (Phi) is 3.08. The average molecular weight is 333 g/mol. The lowest BCUT2D eigenvalue weighted by atomic mass is 9.77. The third-order valence-electron chi connectivity index (χ3n) is 5.06. The van der Waals surface area contributed by atoms with Crippen LogP contribution in [0.1, 0.15) is 22.6 Å². The number of allylic oxidation sites excluding steroid dienone is 2. The molecule has 1 fully saturated rings. The van der Waals surface area contributed by atoms with E-state index < -0.39 is 17.2 Å². The maximum atomic E-state index is 14.4. The standard InChI is InChI=1S/C19H15F4N/c1-24-11-15(12-5-4-6-13(9-12)19(21,22)23)18(10-17(18)24)14-7-2-3-8-16(14)20/h2-10,15H,11H2,1H3. The molecule has 1 aliphatic carbocycles. The molecule has 0 saturated carbocycles. The van der Waals surface area contributed by atoms with Gasteiger partial charge in [0.1, 0.15) is 5.82 Å². The molecule has 2 atom stereocenters. The van der Waals surface area contributed by atoms with Gasteiger partial charge in [0, 0.05) is 30.8 Å². The highest BCUT2D eigenvalue weighted by Gasteiger charge is 2.60. The Morgan fingerprint density at radius 3 is 2.50 bits per heavy atom. The second-order valence-corrected chi connectivity index (χ2v) is 6.43. The predicted molar refractivity (Wildman–Crippen MR) is 83.0 cm³/mol. The van der Waals surface area contributed by atoms with Crippen LogP contribution in [0.5, 0.6) is 0 Å². The fourth-order valence-electron chi connectivity index (χ4n) is 3.90. The topological polar surface area (TPSA) is 3.24 Å². The van der Waals surface area contributed by atoms with Crippen LogP contribution in [-0.2, 0) is 11.6 Å². The molecule has 124 valence electrons. The van der Waals surface area contributed by atoms with Gasteiger partial charge >= 0.3 is 6.18 Å². The molecule has 2 aliphatic rings. The molecule has 0 bridgehead atoms. The van der Waals surface area contributed by atoms with Crippen LogP contribution in [0.4, 0.5) is 17.6 Å². The minimum atomic E-state index is -4.38. The highest BCUT2D eigenvalue weighted by Crippen LogP contribution is 2.62. The zero-order valence-corrected chi connectivity index (χ0v) is 12.9. The first-order valence-electron chi connectivity index (χ1n) is 7.70. The largest absolute Gasteiger partial charge is 0.416 e. The van der Waals surface area contributed by atoms with E-state index in [0.717, 1.165) is 11.8 Å². The smallest absolute Gasteiger partial charge is 0.376 e. The molecule has 1 nitrogen and oxygen atoms in total. The molecule has 2 aromatic carbocycles. The molecule has 1 aliphatic heterocycles. The third-order valence-corrected chi connectivity index (χ3v) is 5.06. The van der Waals surface area contributed by atoms with Crippen LogP contribution < -0.4 is 0 Å². The van der Waals surface area contributed by atoms with Gasteiger partial charge in [0.15, 0.2) is 0 Å². The Labute approximate surface area is 137 Å². The molecule has 0 radical (unpaired) electrons. The number of benzene rings is 2. The maximum absolute atomic E-state index is 14.4. The summed E-state index contributed by atoms with van der Waals surface area (Å²) < 4.78 is 53.5. The SMILES string of the molecule is CN1CC(c2cccc(C(F)(F)F)c2)C2(c3ccccc3F)C=C12. The van der Waals surface area contributed by atoms with Gasteiger partial charge < -0.3 is 4.90 Å². The zero-order valence-electron chi connectivity index (χ0n) is 12.9. The van der Waals surface area contributed by atoms with Crippen LogP contribution in [0, 0.1) is 5.82 Å². The summed E-state index contributed by atoms with van der Waals surface area (Å²) in [5.41, 5.74) is 0.815. The summed E-state index contributed by atoms with van der Waals surface area (Å²) >= 11 is 0. The lowest BCUT2D eigenvalue weighted by Gasteiger charge is -2.24. The van der Waals surface area contributed by atoms with Gasteiger partial charge in [0.25, 0.3) is 0 Å². The van der Waals surface area contributed by atoms with Gasteiger partial charge in [-0.3, -0.25) is 0 Å². The van der Waals surface area contributed by atoms with Crippen LogP contribution in [0.25, 0.3) is 0 Å². The Hall–Kier alpha value is -2.30. The van der Waals surface area contributed by atoms with E-state index in [1.54, 1.807) is 24.3 Å². The number of fused-ring (bicyclic) bond motifs is 1. The van der Waals surface area contributed by atoms with Crippen molar-refractivity contribution in [1.29, 1.82) is 0 Å². The van der Waals surface area contributed by atoms with Crippen LogP contribution in [0.3, 0.4) is 0 Å². The van der Waals surface area contributed by atoms with E-state index in [4.69, 9.17) is 0 Å². The van der Waals surface area contributed by atoms with Gasteiger partial charge in [-0.1, -0.05) is 36.4 Å².